The fourth-order valence-corrected chi connectivity index (χ4v) is 3.01. The van der Waals surface area contributed by atoms with Crippen LogP contribution in [0.25, 0.3) is 0 Å². The van der Waals surface area contributed by atoms with Crippen molar-refractivity contribution in [2.75, 3.05) is 11.5 Å². The van der Waals surface area contributed by atoms with Gasteiger partial charge in [-0.3, -0.25) is 9.69 Å². The summed E-state index contributed by atoms with van der Waals surface area (Å²) < 4.78 is 5.63. The molecule has 1 spiro atoms. The molecule has 2 aliphatic rings. The Hall–Kier alpha value is -2.50. The van der Waals surface area contributed by atoms with Crippen LogP contribution in [-0.2, 0) is 9.53 Å². The quantitative estimate of drug-likeness (QED) is 0.818. The van der Waals surface area contributed by atoms with Crippen LogP contribution >= 0.6 is 0 Å². The highest BCUT2D eigenvalue weighted by Gasteiger charge is 2.54. The van der Waals surface area contributed by atoms with Crippen molar-refractivity contribution in [1.29, 1.82) is 0 Å². The number of aromatic nitrogens is 1. The first-order valence-corrected chi connectivity index (χ1v) is 7.08. The van der Waals surface area contributed by atoms with Gasteiger partial charge < -0.3 is 9.84 Å². The predicted molar refractivity (Wildman–Crippen MR) is 80.6 cm³/mol. The van der Waals surface area contributed by atoms with E-state index in [1.54, 1.807) is 30.5 Å². The normalized spacial score (nSPS) is 26.5. The van der Waals surface area contributed by atoms with E-state index in [0.717, 1.165) is 0 Å². The maximum atomic E-state index is 13.1. The zero-order chi connectivity index (χ0) is 15.2. The Labute approximate surface area is 127 Å². The van der Waals surface area contributed by atoms with Crippen molar-refractivity contribution < 1.29 is 14.6 Å². The van der Waals surface area contributed by atoms with Gasteiger partial charge in [-0.25, -0.2) is 4.98 Å². The third kappa shape index (κ3) is 1.66. The van der Waals surface area contributed by atoms with Gasteiger partial charge in [-0.15, -0.1) is 0 Å². The molecule has 3 heterocycles. The number of ether oxygens (including phenoxy) is 1. The van der Waals surface area contributed by atoms with Crippen molar-refractivity contribution in [3.05, 3.63) is 66.4 Å². The zero-order valence-electron chi connectivity index (χ0n) is 11.7. The van der Waals surface area contributed by atoms with Gasteiger partial charge in [-0.05, 0) is 24.3 Å². The zero-order valence-corrected chi connectivity index (χ0v) is 11.7. The molecular weight excluding hydrogens is 280 g/mol. The first-order chi connectivity index (χ1) is 10.7. The summed E-state index contributed by atoms with van der Waals surface area (Å²) in [6, 6.07) is 12.8. The summed E-state index contributed by atoms with van der Waals surface area (Å²) in [5, 5.41) is 10.7. The highest BCUT2D eigenvalue weighted by atomic mass is 16.5. The number of benzene rings is 1. The minimum Gasteiger partial charge on any atom is -0.384 e. The van der Waals surface area contributed by atoms with Crippen LogP contribution in [0.1, 0.15) is 11.7 Å². The van der Waals surface area contributed by atoms with Crippen LogP contribution in [-0.4, -0.2) is 28.2 Å². The molecular formula is C17H14N2O3. The number of aliphatic hydroxyl groups excluding tert-OH is 1. The van der Waals surface area contributed by atoms with E-state index >= 15 is 0 Å². The first-order valence-electron chi connectivity index (χ1n) is 7.08. The van der Waals surface area contributed by atoms with Crippen molar-refractivity contribution in [3.63, 3.8) is 0 Å². The Morgan fingerprint density at radius 2 is 2.05 bits per heavy atom. The number of carbonyl (C=O) groups excluding carboxylic acids is 1. The van der Waals surface area contributed by atoms with Gasteiger partial charge in [0, 0.05) is 11.8 Å². The number of carbonyl (C=O) groups is 1. The molecule has 1 N–H and O–H groups in total. The maximum absolute atomic E-state index is 13.1. The number of pyridine rings is 1. The summed E-state index contributed by atoms with van der Waals surface area (Å²) in [6.45, 7) is 0.307. The Morgan fingerprint density at radius 3 is 2.77 bits per heavy atom. The van der Waals surface area contributed by atoms with Gasteiger partial charge in [0.05, 0.1) is 12.3 Å². The lowest BCUT2D eigenvalue weighted by molar-refractivity contribution is -0.148. The van der Waals surface area contributed by atoms with Gasteiger partial charge in [-0.2, -0.15) is 0 Å². The van der Waals surface area contributed by atoms with Crippen LogP contribution in [0.4, 0.5) is 11.5 Å². The highest BCUT2D eigenvalue weighted by molar-refractivity contribution is 6.09. The summed E-state index contributed by atoms with van der Waals surface area (Å²) in [5.41, 5.74) is -0.0913. The van der Waals surface area contributed by atoms with Crippen molar-refractivity contribution in [2.45, 2.75) is 11.7 Å². The van der Waals surface area contributed by atoms with Crippen LogP contribution in [0, 0.1) is 0 Å². The topological polar surface area (TPSA) is 62.7 Å². The number of anilines is 2. The minimum absolute atomic E-state index is 0.307. The number of nitrogens with zero attached hydrogens (tertiary/aromatic N) is 2. The van der Waals surface area contributed by atoms with Crippen LogP contribution in [0.5, 0.6) is 0 Å². The molecule has 0 bridgehead atoms. The molecule has 1 amide bonds. The molecule has 4 rings (SSSR count). The van der Waals surface area contributed by atoms with Gasteiger partial charge in [0.1, 0.15) is 11.9 Å². The van der Waals surface area contributed by atoms with Crippen molar-refractivity contribution in [2.24, 2.45) is 0 Å². The molecule has 2 aliphatic heterocycles. The number of fused-ring (bicyclic) bond motifs is 1. The molecule has 110 valence electrons. The number of hydrogen-bond acceptors (Lipinski definition) is 4. The molecule has 1 aromatic carbocycles. The molecule has 2 aromatic rings. The third-order valence-corrected chi connectivity index (χ3v) is 4.07. The van der Waals surface area contributed by atoms with E-state index in [-0.39, 0.29) is 5.91 Å². The van der Waals surface area contributed by atoms with Gasteiger partial charge in [0.2, 0.25) is 0 Å². The average molecular weight is 294 g/mol. The Bertz CT molecular complexity index is 760. The molecule has 2 atom stereocenters. The number of amides is 1. The highest BCUT2D eigenvalue weighted by Crippen LogP contribution is 2.46. The molecule has 5 heteroatoms. The van der Waals surface area contributed by atoms with E-state index in [1.165, 1.54) is 4.90 Å². The van der Waals surface area contributed by atoms with Gasteiger partial charge in [0.25, 0.3) is 5.91 Å². The summed E-state index contributed by atoms with van der Waals surface area (Å²) in [5.74, 6) is 0.117. The van der Waals surface area contributed by atoms with Gasteiger partial charge in [-0.1, -0.05) is 30.3 Å². The van der Waals surface area contributed by atoms with Crippen LogP contribution in [0.15, 0.2) is 60.8 Å². The molecule has 2 unspecified atom stereocenters. The minimum atomic E-state index is -1.37. The SMILES string of the molecule is O=C1N(c2ccccc2)c2ncccc2C(O)C12C=CCO2. The summed E-state index contributed by atoms with van der Waals surface area (Å²) >= 11 is 0. The Balaban J connectivity index is 1.96. The Kier molecular flexibility index (Phi) is 2.85. The number of para-hydroxylation sites is 1. The fraction of sp³-hybridized carbons (Fsp3) is 0.176. The van der Waals surface area contributed by atoms with Crippen molar-refractivity contribution in [3.8, 4) is 0 Å². The summed E-state index contributed by atoms with van der Waals surface area (Å²) in [7, 11) is 0. The lowest BCUT2D eigenvalue weighted by Crippen LogP contribution is -2.54. The molecule has 5 nitrogen and oxygen atoms in total. The average Bonchev–Trinajstić information content (AvgIpc) is 3.05. The van der Waals surface area contributed by atoms with Crippen LogP contribution in [0.3, 0.4) is 0 Å². The molecule has 0 radical (unpaired) electrons. The molecule has 0 saturated carbocycles. The number of rotatable bonds is 1. The standard InChI is InChI=1S/C17H14N2O3/c20-14-13-8-4-10-18-15(13)19(12-6-2-1-3-7-12)16(21)17(14)9-5-11-22-17/h1-10,14,20H,11H2. The largest absolute Gasteiger partial charge is 0.384 e. The van der Waals surface area contributed by atoms with Gasteiger partial charge in [0.15, 0.2) is 5.60 Å². The second-order valence-corrected chi connectivity index (χ2v) is 5.30. The first kappa shape index (κ1) is 13.2. The van der Waals surface area contributed by atoms with E-state index in [4.69, 9.17) is 4.74 Å². The van der Waals surface area contributed by atoms with E-state index in [9.17, 15) is 9.90 Å². The summed E-state index contributed by atoms with van der Waals surface area (Å²) in [6.07, 6.45) is 3.94. The molecule has 0 saturated heterocycles. The third-order valence-electron chi connectivity index (χ3n) is 4.07. The van der Waals surface area contributed by atoms with Crippen molar-refractivity contribution >= 4 is 17.4 Å². The lowest BCUT2D eigenvalue weighted by Gasteiger charge is -2.41. The molecule has 1 aromatic heterocycles. The van der Waals surface area contributed by atoms with E-state index in [0.29, 0.717) is 23.7 Å². The maximum Gasteiger partial charge on any atom is 0.272 e. The monoisotopic (exact) mass is 294 g/mol. The van der Waals surface area contributed by atoms with Crippen LogP contribution < -0.4 is 4.90 Å². The van der Waals surface area contributed by atoms with E-state index in [1.807, 2.05) is 30.3 Å². The number of hydrogen-bond donors (Lipinski definition) is 1. The second-order valence-electron chi connectivity index (χ2n) is 5.30. The molecule has 0 fully saturated rings. The number of aliphatic hydroxyl groups is 1. The second kappa shape index (κ2) is 4.76. The lowest BCUT2D eigenvalue weighted by atomic mass is 9.86. The molecule has 0 aliphatic carbocycles. The van der Waals surface area contributed by atoms with E-state index in [2.05, 4.69) is 4.98 Å². The van der Waals surface area contributed by atoms with Crippen molar-refractivity contribution in [1.82, 2.24) is 4.98 Å². The smallest absolute Gasteiger partial charge is 0.272 e. The van der Waals surface area contributed by atoms with E-state index < -0.39 is 11.7 Å². The fourth-order valence-electron chi connectivity index (χ4n) is 3.01. The summed E-state index contributed by atoms with van der Waals surface area (Å²) in [4.78, 5) is 18.9. The predicted octanol–water partition coefficient (Wildman–Crippen LogP) is 2.12. The van der Waals surface area contributed by atoms with Crippen LogP contribution in [0.2, 0.25) is 0 Å². The molecule has 22 heavy (non-hydrogen) atoms. The van der Waals surface area contributed by atoms with Gasteiger partial charge >= 0.3 is 0 Å². The Morgan fingerprint density at radius 1 is 1.23 bits per heavy atom.